The van der Waals surface area contributed by atoms with E-state index in [-0.39, 0.29) is 0 Å². The highest BCUT2D eigenvalue weighted by atomic mass is 16.2. The zero-order chi connectivity index (χ0) is 15.5. The molecule has 0 radical (unpaired) electrons. The van der Waals surface area contributed by atoms with E-state index in [1.807, 2.05) is 13.8 Å². The van der Waals surface area contributed by atoms with Crippen LogP contribution >= 0.6 is 0 Å². The van der Waals surface area contributed by atoms with Gasteiger partial charge in [-0.3, -0.25) is 0 Å². The lowest BCUT2D eigenvalue weighted by Crippen LogP contribution is -2.58. The van der Waals surface area contributed by atoms with Crippen molar-refractivity contribution in [3.63, 3.8) is 0 Å². The Balaban J connectivity index is 3.47. The number of rotatable bonds is 6. The van der Waals surface area contributed by atoms with Gasteiger partial charge in [-0.05, 0) is 19.8 Å². The van der Waals surface area contributed by atoms with E-state index >= 15 is 0 Å². The van der Waals surface area contributed by atoms with Crippen LogP contribution in [0, 0.1) is 0 Å². The van der Waals surface area contributed by atoms with Gasteiger partial charge in [0.2, 0.25) is 0 Å². The highest BCUT2D eigenvalue weighted by Gasteiger charge is 2.29. The van der Waals surface area contributed by atoms with Gasteiger partial charge in [0, 0.05) is 14.1 Å². The van der Waals surface area contributed by atoms with Crippen molar-refractivity contribution in [3.05, 3.63) is 31.5 Å². The maximum absolute atomic E-state index is 12.3. The Morgan fingerprint density at radius 3 is 1.80 bits per heavy atom. The number of aromatic nitrogens is 3. The fourth-order valence-electron chi connectivity index (χ4n) is 2.43. The Morgan fingerprint density at radius 1 is 0.900 bits per heavy atom. The average Bonchev–Trinajstić information content (AvgIpc) is 2.43. The molecule has 114 valence electrons. The molecule has 1 aromatic rings. The van der Waals surface area contributed by atoms with Crippen molar-refractivity contribution < 1.29 is 0 Å². The standard InChI is InChI=1S/C14H25N3O3/c1-6-8-9-10-14(3,7-2)17-12(19)15(4)11(18)16(5)13(17)20/h6-10H2,1-5H3. The molecule has 0 fully saturated rings. The lowest BCUT2D eigenvalue weighted by molar-refractivity contribution is 0.237. The summed E-state index contributed by atoms with van der Waals surface area (Å²) in [6.07, 6.45) is 4.53. The van der Waals surface area contributed by atoms with Crippen LogP contribution in [0.15, 0.2) is 14.4 Å². The average molecular weight is 283 g/mol. The minimum Gasteiger partial charge on any atom is -0.248 e. The third-order valence-corrected chi connectivity index (χ3v) is 4.15. The van der Waals surface area contributed by atoms with E-state index in [9.17, 15) is 14.4 Å². The van der Waals surface area contributed by atoms with Gasteiger partial charge in [-0.1, -0.05) is 33.1 Å². The van der Waals surface area contributed by atoms with Crippen molar-refractivity contribution >= 4 is 0 Å². The molecule has 0 amide bonds. The first-order chi connectivity index (χ1) is 9.30. The van der Waals surface area contributed by atoms with Gasteiger partial charge in [0.25, 0.3) is 0 Å². The Labute approximate surface area is 118 Å². The number of hydrogen-bond acceptors (Lipinski definition) is 3. The zero-order valence-corrected chi connectivity index (χ0v) is 13.1. The molecule has 0 saturated heterocycles. The van der Waals surface area contributed by atoms with Crippen LogP contribution < -0.4 is 17.1 Å². The monoisotopic (exact) mass is 283 g/mol. The summed E-state index contributed by atoms with van der Waals surface area (Å²) in [6.45, 7) is 5.99. The van der Waals surface area contributed by atoms with E-state index in [0.29, 0.717) is 6.42 Å². The molecule has 1 rings (SSSR count). The molecule has 0 bridgehead atoms. The quantitative estimate of drug-likeness (QED) is 0.730. The van der Waals surface area contributed by atoms with E-state index in [4.69, 9.17) is 0 Å². The molecule has 1 atom stereocenters. The van der Waals surface area contributed by atoms with Crippen molar-refractivity contribution in [2.24, 2.45) is 14.1 Å². The molecule has 0 aliphatic heterocycles. The summed E-state index contributed by atoms with van der Waals surface area (Å²) < 4.78 is 3.23. The summed E-state index contributed by atoms with van der Waals surface area (Å²) in [7, 11) is 2.81. The first-order valence-electron chi connectivity index (χ1n) is 7.19. The van der Waals surface area contributed by atoms with Crippen molar-refractivity contribution in [2.45, 2.75) is 58.4 Å². The molecule has 20 heavy (non-hydrogen) atoms. The lowest BCUT2D eigenvalue weighted by atomic mass is 9.91. The van der Waals surface area contributed by atoms with Crippen LogP contribution in [-0.4, -0.2) is 13.7 Å². The Hall–Kier alpha value is -1.59. The van der Waals surface area contributed by atoms with Crippen molar-refractivity contribution in [2.75, 3.05) is 0 Å². The second-order valence-electron chi connectivity index (χ2n) is 5.61. The minimum absolute atomic E-state index is 0.529. The van der Waals surface area contributed by atoms with Crippen LogP contribution in [0.1, 0.15) is 52.9 Å². The molecule has 0 aliphatic rings. The van der Waals surface area contributed by atoms with Crippen molar-refractivity contribution in [1.82, 2.24) is 13.7 Å². The second kappa shape index (κ2) is 6.24. The van der Waals surface area contributed by atoms with Crippen LogP contribution in [0.2, 0.25) is 0 Å². The van der Waals surface area contributed by atoms with E-state index in [0.717, 1.165) is 34.8 Å². The van der Waals surface area contributed by atoms with Gasteiger partial charge < -0.3 is 0 Å². The maximum atomic E-state index is 12.3. The minimum atomic E-state index is -0.580. The second-order valence-corrected chi connectivity index (χ2v) is 5.61. The Bertz CT molecular complexity index is 598. The third kappa shape index (κ3) is 2.78. The van der Waals surface area contributed by atoms with Gasteiger partial charge in [0.05, 0.1) is 5.54 Å². The lowest BCUT2D eigenvalue weighted by Gasteiger charge is -2.30. The summed E-state index contributed by atoms with van der Waals surface area (Å²) in [6, 6.07) is 0. The molecule has 0 aliphatic carbocycles. The Morgan fingerprint density at radius 2 is 1.40 bits per heavy atom. The third-order valence-electron chi connectivity index (χ3n) is 4.15. The summed E-state index contributed by atoms with van der Waals surface area (Å²) in [5, 5.41) is 0. The molecule has 1 heterocycles. The highest BCUT2D eigenvalue weighted by Crippen LogP contribution is 2.24. The normalized spacial score (nSPS) is 14.2. The smallest absolute Gasteiger partial charge is 0.248 e. The predicted molar refractivity (Wildman–Crippen MR) is 79.3 cm³/mol. The molecule has 0 aromatic carbocycles. The van der Waals surface area contributed by atoms with Gasteiger partial charge >= 0.3 is 17.1 Å². The molecule has 1 unspecified atom stereocenters. The molecular weight excluding hydrogens is 258 g/mol. The Kier molecular flexibility index (Phi) is 5.14. The van der Waals surface area contributed by atoms with Crippen LogP contribution in [0.25, 0.3) is 0 Å². The van der Waals surface area contributed by atoms with Crippen LogP contribution in [-0.2, 0) is 19.6 Å². The van der Waals surface area contributed by atoms with E-state index in [1.165, 1.54) is 18.7 Å². The van der Waals surface area contributed by atoms with Gasteiger partial charge in [0.15, 0.2) is 0 Å². The number of hydrogen-bond donors (Lipinski definition) is 0. The number of nitrogens with zero attached hydrogens (tertiary/aromatic N) is 3. The SMILES string of the molecule is CCCCCC(C)(CC)n1c(=O)n(C)c(=O)n(C)c1=O. The molecule has 6 heteroatoms. The number of unbranched alkanes of at least 4 members (excludes halogenated alkanes) is 2. The van der Waals surface area contributed by atoms with Crippen molar-refractivity contribution in [1.29, 1.82) is 0 Å². The van der Waals surface area contributed by atoms with E-state index in [1.54, 1.807) is 0 Å². The van der Waals surface area contributed by atoms with Gasteiger partial charge in [-0.2, -0.15) is 0 Å². The fourth-order valence-corrected chi connectivity index (χ4v) is 2.43. The molecule has 0 N–H and O–H groups in total. The first-order valence-corrected chi connectivity index (χ1v) is 7.19. The van der Waals surface area contributed by atoms with Crippen LogP contribution in [0.3, 0.4) is 0 Å². The molecule has 6 nitrogen and oxygen atoms in total. The zero-order valence-electron chi connectivity index (χ0n) is 13.1. The largest absolute Gasteiger partial charge is 0.336 e. The molecule has 1 aromatic heterocycles. The van der Waals surface area contributed by atoms with Gasteiger partial charge in [0.1, 0.15) is 0 Å². The summed E-state index contributed by atoms with van der Waals surface area (Å²) >= 11 is 0. The van der Waals surface area contributed by atoms with Gasteiger partial charge in [-0.15, -0.1) is 0 Å². The predicted octanol–water partition coefficient (Wildman–Crippen LogP) is 0.951. The molecule has 0 saturated carbocycles. The van der Waals surface area contributed by atoms with Crippen molar-refractivity contribution in [3.8, 4) is 0 Å². The summed E-state index contributed by atoms with van der Waals surface area (Å²) in [4.78, 5) is 36.4. The maximum Gasteiger partial charge on any atom is 0.336 e. The molecular formula is C14H25N3O3. The first kappa shape index (κ1) is 16.5. The van der Waals surface area contributed by atoms with E-state index < -0.39 is 22.6 Å². The topological polar surface area (TPSA) is 66.0 Å². The fraction of sp³-hybridized carbons (Fsp3) is 0.786. The summed E-state index contributed by atoms with van der Waals surface area (Å²) in [5.74, 6) is 0. The molecule has 0 spiro atoms. The summed E-state index contributed by atoms with van der Waals surface area (Å²) in [5.41, 5.74) is -2.19. The van der Waals surface area contributed by atoms with Crippen LogP contribution in [0.4, 0.5) is 0 Å². The van der Waals surface area contributed by atoms with E-state index in [2.05, 4.69) is 6.92 Å². The van der Waals surface area contributed by atoms with Gasteiger partial charge in [-0.25, -0.2) is 28.1 Å². The van der Waals surface area contributed by atoms with Crippen LogP contribution in [0.5, 0.6) is 0 Å². The highest BCUT2D eigenvalue weighted by molar-refractivity contribution is 4.88.